The molecule has 7 nitrogen and oxygen atoms in total. The van der Waals surface area contributed by atoms with Crippen LogP contribution >= 0.6 is 0 Å². The van der Waals surface area contributed by atoms with Crippen molar-refractivity contribution < 1.29 is 28.5 Å². The Hall–Kier alpha value is -2.44. The number of amides is 1. The minimum Gasteiger partial charge on any atom is -0.493 e. The Labute approximate surface area is 160 Å². The van der Waals surface area contributed by atoms with E-state index in [1.807, 2.05) is 0 Å². The third kappa shape index (κ3) is 5.05. The number of esters is 1. The Morgan fingerprint density at radius 2 is 1.56 bits per heavy atom. The summed E-state index contributed by atoms with van der Waals surface area (Å²) in [6.45, 7) is 0.326. The predicted molar refractivity (Wildman–Crippen MR) is 101 cm³/mol. The van der Waals surface area contributed by atoms with Crippen molar-refractivity contribution in [1.29, 1.82) is 0 Å². The minimum atomic E-state index is -0.325. The van der Waals surface area contributed by atoms with E-state index < -0.39 is 0 Å². The van der Waals surface area contributed by atoms with Crippen LogP contribution in [0.2, 0.25) is 0 Å². The monoisotopic (exact) mass is 379 g/mol. The van der Waals surface area contributed by atoms with E-state index in [1.165, 1.54) is 34.9 Å². The fourth-order valence-electron chi connectivity index (χ4n) is 3.53. The van der Waals surface area contributed by atoms with Crippen LogP contribution in [0.25, 0.3) is 0 Å². The van der Waals surface area contributed by atoms with Gasteiger partial charge in [0.15, 0.2) is 11.5 Å². The molecule has 2 rings (SSSR count). The van der Waals surface area contributed by atoms with Crippen LogP contribution in [0.1, 0.15) is 48.9 Å². The predicted octanol–water partition coefficient (Wildman–Crippen LogP) is 3.05. The fraction of sp³-hybridized carbons (Fsp3) is 0.600. The lowest BCUT2D eigenvalue weighted by atomic mass is 9.93. The maximum Gasteiger partial charge on any atom is 0.307 e. The van der Waals surface area contributed by atoms with E-state index in [-0.39, 0.29) is 24.3 Å². The van der Waals surface area contributed by atoms with Gasteiger partial charge in [0, 0.05) is 18.2 Å². The van der Waals surface area contributed by atoms with Crippen LogP contribution in [0.3, 0.4) is 0 Å². The number of ether oxygens (including phenoxy) is 4. The van der Waals surface area contributed by atoms with Crippen LogP contribution in [0, 0.1) is 0 Å². The molecule has 1 fully saturated rings. The van der Waals surface area contributed by atoms with Crippen LogP contribution in [0.5, 0.6) is 17.2 Å². The molecule has 1 saturated carbocycles. The average molecular weight is 379 g/mol. The summed E-state index contributed by atoms with van der Waals surface area (Å²) in [4.78, 5) is 26.7. The summed E-state index contributed by atoms with van der Waals surface area (Å²) in [6.07, 6.45) is 5.40. The Balaban J connectivity index is 2.33. The van der Waals surface area contributed by atoms with Crippen LogP contribution in [-0.4, -0.2) is 57.8 Å². The molecule has 1 aliphatic rings. The first-order valence-electron chi connectivity index (χ1n) is 9.23. The lowest BCUT2D eigenvalue weighted by molar-refractivity contribution is -0.140. The molecular formula is C20H29NO6. The normalized spacial score (nSPS) is 14.4. The molecule has 1 amide bonds. The summed E-state index contributed by atoms with van der Waals surface area (Å²) >= 11 is 0. The summed E-state index contributed by atoms with van der Waals surface area (Å²) in [5.74, 6) is 0.822. The van der Waals surface area contributed by atoms with E-state index >= 15 is 0 Å². The number of benzene rings is 1. The van der Waals surface area contributed by atoms with Gasteiger partial charge in [-0.15, -0.1) is 0 Å². The van der Waals surface area contributed by atoms with Crippen molar-refractivity contribution in [2.24, 2.45) is 0 Å². The average Bonchev–Trinajstić information content (AvgIpc) is 2.72. The molecule has 150 valence electrons. The quantitative estimate of drug-likeness (QED) is 0.647. The molecule has 0 atom stereocenters. The van der Waals surface area contributed by atoms with Gasteiger partial charge in [-0.3, -0.25) is 9.59 Å². The zero-order chi connectivity index (χ0) is 19.8. The highest BCUT2D eigenvalue weighted by Crippen LogP contribution is 2.39. The van der Waals surface area contributed by atoms with Gasteiger partial charge in [0.1, 0.15) is 0 Å². The molecule has 0 saturated heterocycles. The van der Waals surface area contributed by atoms with Crippen molar-refractivity contribution in [3.05, 3.63) is 17.7 Å². The van der Waals surface area contributed by atoms with Crippen LogP contribution in [-0.2, 0) is 9.53 Å². The van der Waals surface area contributed by atoms with Gasteiger partial charge in [-0.25, -0.2) is 0 Å². The summed E-state index contributed by atoms with van der Waals surface area (Å²) in [5, 5.41) is 0. The molecule has 0 heterocycles. The van der Waals surface area contributed by atoms with Gasteiger partial charge in [-0.05, 0) is 25.0 Å². The van der Waals surface area contributed by atoms with E-state index in [0.717, 1.165) is 25.7 Å². The highest BCUT2D eigenvalue weighted by molar-refractivity contribution is 5.96. The zero-order valence-corrected chi connectivity index (χ0v) is 16.6. The van der Waals surface area contributed by atoms with Gasteiger partial charge in [-0.1, -0.05) is 19.3 Å². The standard InChI is InChI=1S/C20H29NO6/c1-24-16-12-14(13-17(25-2)19(16)27-4)20(23)21(11-10-18(22)26-3)15-8-6-5-7-9-15/h12-13,15H,5-11H2,1-4H3. The van der Waals surface area contributed by atoms with Crippen molar-refractivity contribution in [2.45, 2.75) is 44.6 Å². The largest absolute Gasteiger partial charge is 0.493 e. The zero-order valence-electron chi connectivity index (χ0n) is 16.6. The second-order valence-corrected chi connectivity index (χ2v) is 6.53. The molecule has 0 spiro atoms. The number of rotatable bonds is 8. The van der Waals surface area contributed by atoms with Crippen molar-refractivity contribution in [2.75, 3.05) is 35.0 Å². The van der Waals surface area contributed by atoms with Gasteiger partial charge in [-0.2, -0.15) is 0 Å². The molecule has 1 aromatic rings. The second-order valence-electron chi connectivity index (χ2n) is 6.53. The molecule has 1 aliphatic carbocycles. The van der Waals surface area contributed by atoms with Gasteiger partial charge < -0.3 is 23.8 Å². The summed E-state index contributed by atoms with van der Waals surface area (Å²) < 4.78 is 20.8. The first kappa shape index (κ1) is 20.9. The molecule has 1 aromatic carbocycles. The Morgan fingerprint density at radius 3 is 2.04 bits per heavy atom. The Morgan fingerprint density at radius 1 is 0.963 bits per heavy atom. The molecule has 0 aliphatic heterocycles. The molecule has 7 heteroatoms. The molecule has 0 bridgehead atoms. The first-order chi connectivity index (χ1) is 13.0. The van der Waals surface area contributed by atoms with E-state index in [2.05, 4.69) is 0 Å². The van der Waals surface area contributed by atoms with Gasteiger partial charge >= 0.3 is 5.97 Å². The topological polar surface area (TPSA) is 74.3 Å². The lowest BCUT2D eigenvalue weighted by Gasteiger charge is -2.34. The van der Waals surface area contributed by atoms with E-state index in [4.69, 9.17) is 18.9 Å². The van der Waals surface area contributed by atoms with E-state index in [1.54, 1.807) is 17.0 Å². The lowest BCUT2D eigenvalue weighted by Crippen LogP contribution is -2.42. The number of methoxy groups -OCH3 is 4. The maximum atomic E-state index is 13.3. The second kappa shape index (κ2) is 10.0. The molecular weight excluding hydrogens is 350 g/mol. The summed E-state index contributed by atoms with van der Waals surface area (Å²) in [5.41, 5.74) is 0.444. The Bertz CT molecular complexity index is 629. The summed E-state index contributed by atoms with van der Waals surface area (Å²) in [6, 6.07) is 3.42. The van der Waals surface area contributed by atoms with Crippen molar-refractivity contribution >= 4 is 11.9 Å². The van der Waals surface area contributed by atoms with Crippen LogP contribution < -0.4 is 14.2 Å². The highest BCUT2D eigenvalue weighted by atomic mass is 16.5. The SMILES string of the molecule is COC(=O)CCN(C(=O)c1cc(OC)c(OC)c(OC)c1)C1CCCCC1. The highest BCUT2D eigenvalue weighted by Gasteiger charge is 2.28. The number of hydrogen-bond donors (Lipinski definition) is 0. The number of nitrogens with zero attached hydrogens (tertiary/aromatic N) is 1. The molecule has 27 heavy (non-hydrogen) atoms. The minimum absolute atomic E-state index is 0.120. The van der Waals surface area contributed by atoms with Crippen LogP contribution in [0.4, 0.5) is 0 Å². The molecule has 0 aromatic heterocycles. The van der Waals surface area contributed by atoms with Crippen molar-refractivity contribution in [3.8, 4) is 17.2 Å². The third-order valence-electron chi connectivity index (χ3n) is 4.97. The summed E-state index contributed by atoms with van der Waals surface area (Å²) in [7, 11) is 5.91. The molecule has 0 radical (unpaired) electrons. The molecule has 0 unspecified atom stereocenters. The van der Waals surface area contributed by atoms with Crippen LogP contribution in [0.15, 0.2) is 12.1 Å². The molecule has 0 N–H and O–H groups in total. The van der Waals surface area contributed by atoms with Crippen molar-refractivity contribution in [1.82, 2.24) is 4.90 Å². The van der Waals surface area contributed by atoms with Gasteiger partial charge in [0.25, 0.3) is 5.91 Å². The van der Waals surface area contributed by atoms with E-state index in [9.17, 15) is 9.59 Å². The third-order valence-corrected chi connectivity index (χ3v) is 4.97. The van der Waals surface area contributed by atoms with Gasteiger partial charge in [0.2, 0.25) is 5.75 Å². The smallest absolute Gasteiger partial charge is 0.307 e. The maximum absolute atomic E-state index is 13.3. The van der Waals surface area contributed by atoms with Crippen molar-refractivity contribution in [3.63, 3.8) is 0 Å². The van der Waals surface area contributed by atoms with E-state index in [0.29, 0.717) is 29.4 Å². The number of carbonyl (C=O) groups is 2. The first-order valence-corrected chi connectivity index (χ1v) is 9.23. The Kier molecular flexibility index (Phi) is 7.76. The number of carbonyl (C=O) groups excluding carboxylic acids is 2. The van der Waals surface area contributed by atoms with Gasteiger partial charge in [0.05, 0.1) is 34.9 Å². The fourth-order valence-corrected chi connectivity index (χ4v) is 3.53. The number of hydrogen-bond acceptors (Lipinski definition) is 6.